The third-order valence-corrected chi connectivity index (χ3v) is 3.27. The molecule has 0 heterocycles. The molecule has 104 valence electrons. The highest BCUT2D eigenvalue weighted by Gasteiger charge is 2.17. The topological polar surface area (TPSA) is 40.5 Å². The summed E-state index contributed by atoms with van der Waals surface area (Å²) in [7, 11) is 1.59. The Balaban J connectivity index is 2.19. The number of aromatic hydroxyl groups is 1. The molecule has 0 saturated heterocycles. The fraction of sp³-hybridized carbons (Fsp3) is 0.133. The van der Waals surface area contributed by atoms with Crippen LogP contribution < -0.4 is 0 Å². The van der Waals surface area contributed by atoms with Gasteiger partial charge in [-0.25, -0.2) is 4.39 Å². The number of carbonyl (C=O) groups excluding carboxylic acids is 1. The van der Waals surface area contributed by atoms with Crippen molar-refractivity contribution in [3.63, 3.8) is 0 Å². The maximum Gasteiger partial charge on any atom is 0.257 e. The van der Waals surface area contributed by atoms with Crippen molar-refractivity contribution in [2.75, 3.05) is 7.05 Å². The molecule has 2 aromatic rings. The van der Waals surface area contributed by atoms with Gasteiger partial charge >= 0.3 is 0 Å². The molecule has 0 atom stereocenters. The van der Waals surface area contributed by atoms with Crippen molar-refractivity contribution in [2.24, 2.45) is 0 Å². The Bertz CT molecular complexity index is 646. The van der Waals surface area contributed by atoms with Gasteiger partial charge in [-0.15, -0.1) is 0 Å². The quantitative estimate of drug-likeness (QED) is 0.941. The molecular weight excluding hydrogens is 281 g/mol. The SMILES string of the molecule is CN(Cc1ccccc1Cl)C(=O)c1ccc(F)cc1O. The van der Waals surface area contributed by atoms with Gasteiger partial charge in [-0.05, 0) is 23.8 Å². The van der Waals surface area contributed by atoms with Gasteiger partial charge in [-0.3, -0.25) is 4.79 Å². The second kappa shape index (κ2) is 5.92. The van der Waals surface area contributed by atoms with Gasteiger partial charge in [-0.2, -0.15) is 0 Å². The van der Waals surface area contributed by atoms with Crippen LogP contribution in [0.1, 0.15) is 15.9 Å². The van der Waals surface area contributed by atoms with Crippen LogP contribution >= 0.6 is 11.6 Å². The molecule has 0 aliphatic heterocycles. The number of nitrogens with zero attached hydrogens (tertiary/aromatic N) is 1. The van der Waals surface area contributed by atoms with Crippen molar-refractivity contribution in [3.8, 4) is 5.75 Å². The van der Waals surface area contributed by atoms with Gasteiger partial charge in [0.15, 0.2) is 0 Å². The van der Waals surface area contributed by atoms with E-state index in [9.17, 15) is 14.3 Å². The summed E-state index contributed by atoms with van der Waals surface area (Å²) < 4.78 is 12.9. The van der Waals surface area contributed by atoms with Crippen LogP contribution in [0.25, 0.3) is 0 Å². The van der Waals surface area contributed by atoms with Gasteiger partial charge < -0.3 is 10.0 Å². The molecule has 0 aliphatic rings. The minimum Gasteiger partial charge on any atom is -0.507 e. The van der Waals surface area contributed by atoms with E-state index in [-0.39, 0.29) is 11.3 Å². The molecule has 2 rings (SSSR count). The maximum atomic E-state index is 12.9. The summed E-state index contributed by atoms with van der Waals surface area (Å²) in [6.45, 7) is 0.301. The third-order valence-electron chi connectivity index (χ3n) is 2.90. The zero-order valence-corrected chi connectivity index (χ0v) is 11.6. The molecule has 0 aliphatic carbocycles. The Morgan fingerprint density at radius 2 is 2.00 bits per heavy atom. The fourth-order valence-corrected chi connectivity index (χ4v) is 2.04. The molecule has 0 aromatic heterocycles. The predicted octanol–water partition coefficient (Wildman–Crippen LogP) is 3.46. The lowest BCUT2D eigenvalue weighted by Crippen LogP contribution is -2.26. The van der Waals surface area contributed by atoms with Gasteiger partial charge in [0.05, 0.1) is 5.56 Å². The molecule has 3 nitrogen and oxygen atoms in total. The van der Waals surface area contributed by atoms with Crippen LogP contribution in [0, 0.1) is 5.82 Å². The Kier molecular flexibility index (Phi) is 4.25. The van der Waals surface area contributed by atoms with E-state index in [0.717, 1.165) is 17.7 Å². The zero-order valence-electron chi connectivity index (χ0n) is 10.8. The minimum atomic E-state index is -0.590. The second-order valence-corrected chi connectivity index (χ2v) is 4.82. The van der Waals surface area contributed by atoms with Gasteiger partial charge in [0.1, 0.15) is 11.6 Å². The summed E-state index contributed by atoms with van der Waals surface area (Å²) in [5.74, 6) is -1.36. The highest BCUT2D eigenvalue weighted by molar-refractivity contribution is 6.31. The summed E-state index contributed by atoms with van der Waals surface area (Å²) in [4.78, 5) is 13.6. The van der Waals surface area contributed by atoms with E-state index < -0.39 is 11.7 Å². The van der Waals surface area contributed by atoms with E-state index >= 15 is 0 Å². The lowest BCUT2D eigenvalue weighted by atomic mass is 10.1. The molecule has 0 fully saturated rings. The van der Waals surface area contributed by atoms with E-state index in [1.165, 1.54) is 11.0 Å². The van der Waals surface area contributed by atoms with Crippen LogP contribution in [0.2, 0.25) is 5.02 Å². The summed E-state index contributed by atoms with van der Waals surface area (Å²) in [6.07, 6.45) is 0. The average Bonchev–Trinajstić information content (AvgIpc) is 2.40. The van der Waals surface area contributed by atoms with Crippen molar-refractivity contribution in [1.82, 2.24) is 4.90 Å². The van der Waals surface area contributed by atoms with Crippen LogP contribution in [0.5, 0.6) is 5.75 Å². The van der Waals surface area contributed by atoms with Crippen LogP contribution in [0.3, 0.4) is 0 Å². The van der Waals surface area contributed by atoms with Crippen molar-refractivity contribution < 1.29 is 14.3 Å². The molecule has 0 spiro atoms. The van der Waals surface area contributed by atoms with Gasteiger partial charge in [0.2, 0.25) is 0 Å². The van der Waals surface area contributed by atoms with Crippen LogP contribution in [0.4, 0.5) is 4.39 Å². The molecule has 0 unspecified atom stereocenters. The number of amides is 1. The number of halogens is 2. The number of rotatable bonds is 3. The van der Waals surface area contributed by atoms with E-state index in [4.69, 9.17) is 11.6 Å². The van der Waals surface area contributed by atoms with Crippen molar-refractivity contribution in [2.45, 2.75) is 6.54 Å². The monoisotopic (exact) mass is 293 g/mol. The summed E-state index contributed by atoms with van der Waals surface area (Å²) >= 11 is 6.03. The minimum absolute atomic E-state index is 0.0564. The van der Waals surface area contributed by atoms with Gasteiger partial charge in [-0.1, -0.05) is 29.8 Å². The van der Waals surface area contributed by atoms with E-state index in [1.807, 2.05) is 12.1 Å². The Morgan fingerprint density at radius 3 is 2.65 bits per heavy atom. The Morgan fingerprint density at radius 1 is 1.30 bits per heavy atom. The largest absolute Gasteiger partial charge is 0.507 e. The molecule has 20 heavy (non-hydrogen) atoms. The van der Waals surface area contributed by atoms with Crippen LogP contribution in [0.15, 0.2) is 42.5 Å². The van der Waals surface area contributed by atoms with E-state index in [0.29, 0.717) is 11.6 Å². The molecule has 2 aromatic carbocycles. The number of phenols is 1. The molecule has 5 heteroatoms. The zero-order chi connectivity index (χ0) is 14.7. The first-order chi connectivity index (χ1) is 9.49. The lowest BCUT2D eigenvalue weighted by Gasteiger charge is -2.18. The predicted molar refractivity (Wildman–Crippen MR) is 75.3 cm³/mol. The lowest BCUT2D eigenvalue weighted by molar-refractivity contribution is 0.0782. The molecule has 0 radical (unpaired) electrons. The number of hydrogen-bond acceptors (Lipinski definition) is 2. The van der Waals surface area contributed by atoms with E-state index in [1.54, 1.807) is 19.2 Å². The molecule has 1 N–H and O–H groups in total. The first-order valence-corrected chi connectivity index (χ1v) is 6.34. The molecule has 0 bridgehead atoms. The fourth-order valence-electron chi connectivity index (χ4n) is 1.85. The Labute approximate surface area is 121 Å². The average molecular weight is 294 g/mol. The molecule has 1 amide bonds. The highest BCUT2D eigenvalue weighted by atomic mass is 35.5. The number of phenolic OH excluding ortho intramolecular Hbond substituents is 1. The standard InChI is InChI=1S/C15H13ClFNO2/c1-18(9-10-4-2-3-5-13(10)16)15(20)12-7-6-11(17)8-14(12)19/h2-8,19H,9H2,1H3. The molecule has 0 saturated carbocycles. The van der Waals surface area contributed by atoms with Crippen molar-refractivity contribution in [3.05, 3.63) is 64.4 Å². The highest BCUT2D eigenvalue weighted by Crippen LogP contribution is 2.22. The molecular formula is C15H13ClFNO2. The Hall–Kier alpha value is -2.07. The van der Waals surface area contributed by atoms with Crippen LogP contribution in [-0.2, 0) is 6.54 Å². The normalized spacial score (nSPS) is 10.3. The first kappa shape index (κ1) is 14.3. The maximum absolute atomic E-state index is 12.9. The van der Waals surface area contributed by atoms with Crippen LogP contribution in [-0.4, -0.2) is 23.0 Å². The number of hydrogen-bond donors (Lipinski definition) is 1. The number of carbonyl (C=O) groups is 1. The van der Waals surface area contributed by atoms with E-state index in [2.05, 4.69) is 0 Å². The smallest absolute Gasteiger partial charge is 0.257 e. The van der Waals surface area contributed by atoms with Crippen molar-refractivity contribution in [1.29, 1.82) is 0 Å². The first-order valence-electron chi connectivity index (χ1n) is 5.96. The van der Waals surface area contributed by atoms with Gasteiger partial charge in [0, 0.05) is 24.7 Å². The second-order valence-electron chi connectivity index (χ2n) is 4.41. The summed E-state index contributed by atoms with van der Waals surface area (Å²) in [5, 5.41) is 10.2. The van der Waals surface area contributed by atoms with Crippen molar-refractivity contribution >= 4 is 17.5 Å². The van der Waals surface area contributed by atoms with Gasteiger partial charge in [0.25, 0.3) is 5.91 Å². The number of benzene rings is 2. The summed E-state index contributed by atoms with van der Waals surface area (Å²) in [5.41, 5.74) is 0.854. The third kappa shape index (κ3) is 3.08. The summed E-state index contributed by atoms with van der Waals surface area (Å²) in [6, 6.07) is 10.5.